The van der Waals surface area contributed by atoms with Gasteiger partial charge in [-0.25, -0.2) is 13.1 Å². The fourth-order valence-corrected chi connectivity index (χ4v) is 3.79. The Morgan fingerprint density at radius 3 is 2.61 bits per heavy atom. The quantitative estimate of drug-likeness (QED) is 0.477. The minimum absolute atomic E-state index is 0.148. The van der Waals surface area contributed by atoms with E-state index >= 15 is 0 Å². The molecule has 1 heterocycles. The van der Waals surface area contributed by atoms with Crippen LogP contribution in [0.1, 0.15) is 25.7 Å². The zero-order valence-electron chi connectivity index (χ0n) is 13.0. The molecule has 0 bridgehead atoms. The number of likely N-dealkylation sites (tertiary alicyclic amines) is 1. The number of aliphatic imine (C=N–C) groups is 1. The van der Waals surface area contributed by atoms with Crippen molar-refractivity contribution in [2.24, 2.45) is 10.7 Å². The summed E-state index contributed by atoms with van der Waals surface area (Å²) in [5, 5.41) is 0.385. The van der Waals surface area contributed by atoms with Crippen LogP contribution in [0.15, 0.2) is 34.2 Å². The zero-order valence-corrected chi connectivity index (χ0v) is 14.6. The molecule has 128 valence electrons. The van der Waals surface area contributed by atoms with Crippen LogP contribution >= 0.6 is 11.6 Å². The van der Waals surface area contributed by atoms with Crippen molar-refractivity contribution >= 4 is 27.6 Å². The molecule has 0 aromatic heterocycles. The molecule has 0 amide bonds. The normalized spacial score (nSPS) is 17.1. The number of benzene rings is 1. The summed E-state index contributed by atoms with van der Waals surface area (Å²) in [6.45, 7) is 2.35. The van der Waals surface area contributed by atoms with E-state index in [1.165, 1.54) is 25.0 Å². The van der Waals surface area contributed by atoms with Gasteiger partial charge in [0.05, 0.1) is 11.4 Å². The number of sulfonamides is 1. The first-order valence-electron chi connectivity index (χ1n) is 7.79. The molecule has 6 nitrogen and oxygen atoms in total. The molecule has 1 aromatic carbocycles. The van der Waals surface area contributed by atoms with Gasteiger partial charge in [0.1, 0.15) is 0 Å². The number of nitrogens with zero attached hydrogens (tertiary/aromatic N) is 2. The Balaban J connectivity index is 1.85. The Kier molecular flexibility index (Phi) is 6.68. The van der Waals surface area contributed by atoms with E-state index in [0.29, 0.717) is 17.5 Å². The smallest absolute Gasteiger partial charge is 0.240 e. The lowest BCUT2D eigenvalue weighted by atomic mass is 10.2. The number of rotatable bonds is 5. The van der Waals surface area contributed by atoms with E-state index in [0.717, 1.165) is 25.9 Å². The summed E-state index contributed by atoms with van der Waals surface area (Å²) < 4.78 is 26.7. The fourth-order valence-electron chi connectivity index (χ4n) is 2.47. The third-order valence-corrected chi connectivity index (χ3v) is 5.41. The van der Waals surface area contributed by atoms with Gasteiger partial charge in [0.15, 0.2) is 5.96 Å². The molecule has 1 saturated heterocycles. The minimum Gasteiger partial charge on any atom is -0.370 e. The maximum Gasteiger partial charge on any atom is 0.240 e. The van der Waals surface area contributed by atoms with E-state index in [1.807, 2.05) is 0 Å². The number of nitrogens with two attached hydrogens (primary N) is 1. The number of guanidine groups is 1. The molecule has 1 aliphatic rings. The Morgan fingerprint density at radius 2 is 1.96 bits per heavy atom. The molecule has 2 rings (SSSR count). The predicted octanol–water partition coefficient (Wildman–Crippen LogP) is 1.81. The molecule has 3 N–H and O–H groups in total. The predicted molar refractivity (Wildman–Crippen MR) is 93.2 cm³/mol. The first-order valence-corrected chi connectivity index (χ1v) is 9.65. The van der Waals surface area contributed by atoms with Crippen molar-refractivity contribution in [1.29, 1.82) is 0 Å². The highest BCUT2D eigenvalue weighted by Crippen LogP contribution is 2.15. The molecule has 0 spiro atoms. The van der Waals surface area contributed by atoms with Gasteiger partial charge < -0.3 is 10.6 Å². The van der Waals surface area contributed by atoms with E-state index < -0.39 is 10.0 Å². The summed E-state index contributed by atoms with van der Waals surface area (Å²) in [5.41, 5.74) is 5.98. The van der Waals surface area contributed by atoms with Crippen molar-refractivity contribution in [2.75, 3.05) is 26.2 Å². The number of hydrogen-bond donors (Lipinski definition) is 2. The van der Waals surface area contributed by atoms with Gasteiger partial charge in [-0.1, -0.05) is 30.5 Å². The number of halogens is 1. The van der Waals surface area contributed by atoms with Crippen molar-refractivity contribution in [3.8, 4) is 0 Å². The van der Waals surface area contributed by atoms with Gasteiger partial charge in [-0.2, -0.15) is 0 Å². The van der Waals surface area contributed by atoms with Crippen LogP contribution in [-0.2, 0) is 10.0 Å². The van der Waals surface area contributed by atoms with Crippen LogP contribution in [0.2, 0.25) is 5.02 Å². The number of nitrogens with one attached hydrogen (secondary N) is 1. The Bertz CT molecular complexity index is 641. The second kappa shape index (κ2) is 8.52. The van der Waals surface area contributed by atoms with Crippen molar-refractivity contribution in [3.63, 3.8) is 0 Å². The van der Waals surface area contributed by atoms with Crippen LogP contribution in [0, 0.1) is 0 Å². The SMILES string of the molecule is NC(=NCCNS(=O)(=O)c1cccc(Cl)c1)N1CCCCCC1. The minimum atomic E-state index is -3.57. The molecule has 0 radical (unpaired) electrons. The standard InChI is InChI=1S/C15H23ClN4O2S/c16-13-6-5-7-14(12-13)23(21,22)19-9-8-18-15(17)20-10-3-1-2-4-11-20/h5-7,12,19H,1-4,8-11H2,(H2,17,18). The van der Waals surface area contributed by atoms with Gasteiger partial charge in [-0.05, 0) is 31.0 Å². The highest BCUT2D eigenvalue weighted by atomic mass is 35.5. The third-order valence-electron chi connectivity index (χ3n) is 3.71. The first-order chi connectivity index (χ1) is 11.0. The topological polar surface area (TPSA) is 87.8 Å². The second-order valence-corrected chi connectivity index (χ2v) is 7.70. The van der Waals surface area contributed by atoms with E-state index in [4.69, 9.17) is 17.3 Å². The van der Waals surface area contributed by atoms with Gasteiger partial charge in [0, 0.05) is 24.7 Å². The summed E-state index contributed by atoms with van der Waals surface area (Å²) >= 11 is 5.82. The summed E-state index contributed by atoms with van der Waals surface area (Å²) in [6, 6.07) is 6.15. The average Bonchev–Trinajstić information content (AvgIpc) is 2.80. The van der Waals surface area contributed by atoms with Crippen LogP contribution in [0.3, 0.4) is 0 Å². The van der Waals surface area contributed by atoms with Crippen LogP contribution in [0.5, 0.6) is 0 Å². The third kappa shape index (κ3) is 5.67. The molecule has 1 aromatic rings. The highest BCUT2D eigenvalue weighted by Gasteiger charge is 2.14. The summed E-state index contributed by atoms with van der Waals surface area (Å²) in [5.74, 6) is 0.494. The molecule has 8 heteroatoms. The van der Waals surface area contributed by atoms with Gasteiger partial charge >= 0.3 is 0 Å². The van der Waals surface area contributed by atoms with E-state index in [1.54, 1.807) is 12.1 Å². The highest BCUT2D eigenvalue weighted by molar-refractivity contribution is 7.89. The Morgan fingerprint density at radius 1 is 1.26 bits per heavy atom. The van der Waals surface area contributed by atoms with Crippen LogP contribution in [0.4, 0.5) is 0 Å². The Hall–Kier alpha value is -1.31. The van der Waals surface area contributed by atoms with Crippen LogP contribution in [-0.4, -0.2) is 45.5 Å². The lowest BCUT2D eigenvalue weighted by Crippen LogP contribution is -2.38. The van der Waals surface area contributed by atoms with Crippen LogP contribution < -0.4 is 10.5 Å². The average molecular weight is 359 g/mol. The maximum absolute atomic E-state index is 12.1. The lowest BCUT2D eigenvalue weighted by molar-refractivity contribution is 0.428. The molecular weight excluding hydrogens is 336 g/mol. The molecule has 0 aliphatic carbocycles. The van der Waals surface area contributed by atoms with Crippen molar-refractivity contribution in [3.05, 3.63) is 29.3 Å². The molecule has 1 aliphatic heterocycles. The van der Waals surface area contributed by atoms with Gasteiger partial charge in [-0.3, -0.25) is 4.99 Å². The second-order valence-electron chi connectivity index (χ2n) is 5.50. The van der Waals surface area contributed by atoms with Crippen LogP contribution in [0.25, 0.3) is 0 Å². The molecule has 23 heavy (non-hydrogen) atoms. The lowest BCUT2D eigenvalue weighted by Gasteiger charge is -2.21. The monoisotopic (exact) mass is 358 g/mol. The maximum atomic E-state index is 12.1. The molecule has 0 atom stereocenters. The summed E-state index contributed by atoms with van der Waals surface area (Å²) in [4.78, 5) is 6.49. The molecule has 1 fully saturated rings. The largest absolute Gasteiger partial charge is 0.370 e. The van der Waals surface area contributed by atoms with Crippen molar-refractivity contribution in [2.45, 2.75) is 30.6 Å². The molecule has 0 unspecified atom stereocenters. The molecule has 0 saturated carbocycles. The Labute approximate surface area is 142 Å². The van der Waals surface area contributed by atoms with Crippen molar-refractivity contribution < 1.29 is 8.42 Å². The van der Waals surface area contributed by atoms with Gasteiger partial charge in [-0.15, -0.1) is 0 Å². The van der Waals surface area contributed by atoms with Gasteiger partial charge in [0.25, 0.3) is 0 Å². The summed E-state index contributed by atoms with van der Waals surface area (Å²) in [7, 11) is -3.57. The summed E-state index contributed by atoms with van der Waals surface area (Å²) in [6.07, 6.45) is 4.70. The fraction of sp³-hybridized carbons (Fsp3) is 0.533. The number of hydrogen-bond acceptors (Lipinski definition) is 3. The van der Waals surface area contributed by atoms with E-state index in [-0.39, 0.29) is 11.4 Å². The van der Waals surface area contributed by atoms with Crippen molar-refractivity contribution in [1.82, 2.24) is 9.62 Å². The zero-order chi connectivity index (χ0) is 16.7. The van der Waals surface area contributed by atoms with Gasteiger partial charge in [0.2, 0.25) is 10.0 Å². The van der Waals surface area contributed by atoms with E-state index in [2.05, 4.69) is 14.6 Å². The molecular formula is C15H23ClN4O2S. The van der Waals surface area contributed by atoms with E-state index in [9.17, 15) is 8.42 Å². The first kappa shape index (κ1) is 18.0.